The number of nitriles is 1. The smallest absolute Gasteiger partial charge is 0.230 e. The van der Waals surface area contributed by atoms with E-state index in [1.807, 2.05) is 41.3 Å². The second kappa shape index (κ2) is 7.72. The molecular weight excluding hydrogens is 372 g/mol. The Bertz CT molecular complexity index is 1120. The van der Waals surface area contributed by atoms with Gasteiger partial charge in [-0.25, -0.2) is 0 Å². The van der Waals surface area contributed by atoms with Gasteiger partial charge in [-0.05, 0) is 48.7 Å². The summed E-state index contributed by atoms with van der Waals surface area (Å²) in [6.07, 6.45) is 3.70. The molecule has 0 saturated carbocycles. The maximum Gasteiger partial charge on any atom is 0.230 e. The van der Waals surface area contributed by atoms with Crippen LogP contribution >= 0.6 is 0 Å². The maximum absolute atomic E-state index is 13.6. The zero-order chi connectivity index (χ0) is 20.5. The predicted octanol–water partition coefficient (Wildman–Crippen LogP) is 4.17. The molecule has 3 aromatic rings. The molecule has 0 unspecified atom stereocenters. The van der Waals surface area contributed by atoms with Gasteiger partial charge in [-0.2, -0.15) is 5.26 Å². The van der Waals surface area contributed by atoms with Crippen LogP contribution in [-0.2, 0) is 17.9 Å². The lowest BCUT2D eigenvalue weighted by molar-refractivity contribution is -0.123. The van der Waals surface area contributed by atoms with Crippen LogP contribution in [0.1, 0.15) is 29.7 Å². The van der Waals surface area contributed by atoms with Crippen LogP contribution in [0.15, 0.2) is 66.9 Å². The Hall–Kier alpha value is -3.52. The Morgan fingerprint density at radius 3 is 2.43 bits per heavy atom. The molecule has 0 aliphatic carbocycles. The molecule has 150 valence electrons. The number of fused-ring (bicyclic) bond motifs is 2. The lowest BCUT2D eigenvalue weighted by atomic mass is 9.94. The number of aromatic nitrogens is 1. The average Bonchev–Trinajstić information content (AvgIpc) is 3.17. The van der Waals surface area contributed by atoms with Gasteiger partial charge in [-0.3, -0.25) is 4.79 Å². The van der Waals surface area contributed by atoms with Crippen molar-refractivity contribution in [2.24, 2.45) is 5.92 Å². The highest BCUT2D eigenvalue weighted by molar-refractivity contribution is 5.96. The Morgan fingerprint density at radius 2 is 1.63 bits per heavy atom. The first kappa shape index (κ1) is 18.5. The molecule has 0 spiro atoms. The predicted molar refractivity (Wildman–Crippen MR) is 117 cm³/mol. The summed E-state index contributed by atoms with van der Waals surface area (Å²) in [6.45, 7) is 2.99. The van der Waals surface area contributed by atoms with Crippen LogP contribution in [0.4, 0.5) is 11.4 Å². The minimum Gasteiger partial charge on any atom is -0.370 e. The molecule has 0 N–H and O–H groups in total. The number of hydrogen-bond acceptors (Lipinski definition) is 3. The van der Waals surface area contributed by atoms with E-state index in [1.54, 1.807) is 0 Å². The van der Waals surface area contributed by atoms with Crippen molar-refractivity contribution in [3.63, 3.8) is 0 Å². The van der Waals surface area contributed by atoms with Crippen LogP contribution in [-0.4, -0.2) is 23.6 Å². The van der Waals surface area contributed by atoms with Gasteiger partial charge in [0, 0.05) is 43.1 Å². The molecule has 0 bridgehead atoms. The largest absolute Gasteiger partial charge is 0.370 e. The van der Waals surface area contributed by atoms with Crippen LogP contribution in [0.2, 0.25) is 0 Å². The molecule has 5 rings (SSSR count). The number of para-hydroxylation sites is 2. The quantitative estimate of drug-likeness (QED) is 0.653. The van der Waals surface area contributed by atoms with Crippen LogP contribution in [0.5, 0.6) is 0 Å². The highest BCUT2D eigenvalue weighted by Gasteiger charge is 2.32. The summed E-state index contributed by atoms with van der Waals surface area (Å²) in [6, 6.07) is 22.4. The highest BCUT2D eigenvalue weighted by Crippen LogP contribution is 2.32. The molecular formula is C25H24N4O. The van der Waals surface area contributed by atoms with E-state index in [0.717, 1.165) is 43.9 Å². The minimum atomic E-state index is 0.00469. The van der Waals surface area contributed by atoms with Crippen LogP contribution in [0, 0.1) is 17.2 Å². The maximum atomic E-state index is 13.6. The number of benzene rings is 2. The summed E-state index contributed by atoms with van der Waals surface area (Å²) in [5.74, 6) is 0.218. The minimum absolute atomic E-state index is 0.00469. The Morgan fingerprint density at radius 1 is 0.900 bits per heavy atom. The summed E-state index contributed by atoms with van der Waals surface area (Å²) >= 11 is 0. The van der Waals surface area contributed by atoms with Gasteiger partial charge in [0.2, 0.25) is 5.91 Å². The Kier molecular flexibility index (Phi) is 4.76. The van der Waals surface area contributed by atoms with Crippen molar-refractivity contribution in [3.8, 4) is 6.07 Å². The molecule has 30 heavy (non-hydrogen) atoms. The SMILES string of the molecule is N#Cc1ccccc1N1CCC(C(=O)N2Cc3cccn3Cc3ccccc32)CC1. The van der Waals surface area contributed by atoms with Gasteiger partial charge in [-0.1, -0.05) is 30.3 Å². The number of carbonyl (C=O) groups is 1. The number of hydrogen-bond donors (Lipinski definition) is 0. The second-order valence-corrected chi connectivity index (χ2v) is 8.07. The molecule has 1 saturated heterocycles. The Labute approximate surface area is 176 Å². The van der Waals surface area contributed by atoms with Gasteiger partial charge in [0.25, 0.3) is 0 Å². The van der Waals surface area contributed by atoms with E-state index in [4.69, 9.17) is 0 Å². The van der Waals surface area contributed by atoms with E-state index in [-0.39, 0.29) is 11.8 Å². The van der Waals surface area contributed by atoms with Gasteiger partial charge >= 0.3 is 0 Å². The number of amides is 1. The molecule has 1 amide bonds. The molecule has 2 aliphatic rings. The number of piperidine rings is 1. The highest BCUT2D eigenvalue weighted by atomic mass is 16.2. The lowest BCUT2D eigenvalue weighted by Gasteiger charge is -2.35. The fourth-order valence-electron chi connectivity index (χ4n) is 4.71. The summed E-state index contributed by atoms with van der Waals surface area (Å²) in [5.41, 5.74) is 5.05. The molecule has 5 heteroatoms. The van der Waals surface area contributed by atoms with Crippen molar-refractivity contribution in [2.45, 2.75) is 25.9 Å². The number of rotatable bonds is 2. The molecule has 1 aromatic heterocycles. The fraction of sp³-hybridized carbons (Fsp3) is 0.280. The first-order chi connectivity index (χ1) is 14.7. The van der Waals surface area contributed by atoms with E-state index in [9.17, 15) is 10.1 Å². The third-order valence-electron chi connectivity index (χ3n) is 6.34. The summed E-state index contributed by atoms with van der Waals surface area (Å²) in [4.78, 5) is 17.8. The standard InChI is InChI=1S/C25H24N4O/c26-16-20-6-1-3-9-23(20)27-14-11-19(12-15-27)25(30)29-18-22-8-5-13-28(22)17-21-7-2-4-10-24(21)29/h1-10,13,19H,11-12,14-15,17-18H2. The first-order valence-corrected chi connectivity index (χ1v) is 10.5. The van der Waals surface area contributed by atoms with Crippen LogP contribution in [0.3, 0.4) is 0 Å². The van der Waals surface area contributed by atoms with Gasteiger partial charge in [0.1, 0.15) is 6.07 Å². The second-order valence-electron chi connectivity index (χ2n) is 8.07. The summed E-state index contributed by atoms with van der Waals surface area (Å²) < 4.78 is 2.23. The van der Waals surface area contributed by atoms with E-state index >= 15 is 0 Å². The monoisotopic (exact) mass is 396 g/mol. The van der Waals surface area contributed by atoms with Crippen molar-refractivity contribution in [3.05, 3.63) is 83.7 Å². The van der Waals surface area contributed by atoms with Crippen molar-refractivity contribution in [1.29, 1.82) is 5.26 Å². The molecule has 5 nitrogen and oxygen atoms in total. The Balaban J connectivity index is 1.36. The number of nitrogens with zero attached hydrogens (tertiary/aromatic N) is 4. The van der Waals surface area contributed by atoms with Gasteiger partial charge in [0.05, 0.1) is 17.8 Å². The van der Waals surface area contributed by atoms with E-state index in [0.29, 0.717) is 12.1 Å². The third kappa shape index (κ3) is 3.25. The molecule has 2 aromatic carbocycles. The van der Waals surface area contributed by atoms with Crippen molar-refractivity contribution in [2.75, 3.05) is 22.9 Å². The molecule has 0 atom stereocenters. The molecule has 0 radical (unpaired) electrons. The van der Waals surface area contributed by atoms with Crippen molar-refractivity contribution >= 4 is 17.3 Å². The van der Waals surface area contributed by atoms with E-state index in [2.05, 4.69) is 46.0 Å². The van der Waals surface area contributed by atoms with Crippen molar-refractivity contribution < 1.29 is 4.79 Å². The molecule has 1 fully saturated rings. The average molecular weight is 396 g/mol. The van der Waals surface area contributed by atoms with E-state index < -0.39 is 0 Å². The van der Waals surface area contributed by atoms with Crippen LogP contribution < -0.4 is 9.80 Å². The zero-order valence-corrected chi connectivity index (χ0v) is 16.9. The number of anilines is 2. The molecule has 3 heterocycles. The molecule has 2 aliphatic heterocycles. The van der Waals surface area contributed by atoms with Gasteiger partial charge in [-0.15, -0.1) is 0 Å². The van der Waals surface area contributed by atoms with Crippen LogP contribution in [0.25, 0.3) is 0 Å². The summed E-state index contributed by atoms with van der Waals surface area (Å²) in [7, 11) is 0. The lowest BCUT2D eigenvalue weighted by Crippen LogP contribution is -2.42. The third-order valence-corrected chi connectivity index (χ3v) is 6.34. The topological polar surface area (TPSA) is 52.3 Å². The van der Waals surface area contributed by atoms with Gasteiger partial charge in [0.15, 0.2) is 0 Å². The van der Waals surface area contributed by atoms with Gasteiger partial charge < -0.3 is 14.4 Å². The van der Waals surface area contributed by atoms with E-state index in [1.165, 1.54) is 11.3 Å². The fourth-order valence-corrected chi connectivity index (χ4v) is 4.71. The number of carbonyl (C=O) groups excluding carboxylic acids is 1. The van der Waals surface area contributed by atoms with Crippen molar-refractivity contribution in [1.82, 2.24) is 4.57 Å². The summed E-state index contributed by atoms with van der Waals surface area (Å²) in [5, 5.41) is 9.40. The normalized spacial score (nSPS) is 16.4. The zero-order valence-electron chi connectivity index (χ0n) is 16.9. The first-order valence-electron chi connectivity index (χ1n) is 10.5.